The molecule has 1 fully saturated rings. The van der Waals surface area contributed by atoms with Gasteiger partial charge < -0.3 is 15.1 Å². The molecule has 0 saturated carbocycles. The minimum atomic E-state index is 0.0526. The molecular formula is C17H25N7OS. The molecule has 0 unspecified atom stereocenters. The monoisotopic (exact) mass is 375 g/mol. The number of thiazole rings is 1. The number of aliphatic imine (C=N–C) groups is 1. The lowest BCUT2D eigenvalue weighted by atomic mass is 10.3. The molecule has 26 heavy (non-hydrogen) atoms. The van der Waals surface area contributed by atoms with E-state index in [1.807, 2.05) is 25.1 Å². The van der Waals surface area contributed by atoms with Crippen LogP contribution in [0.4, 0.5) is 5.69 Å². The van der Waals surface area contributed by atoms with Crippen molar-refractivity contribution in [2.75, 3.05) is 31.1 Å². The molecule has 2 aromatic heterocycles. The average molecular weight is 376 g/mol. The second-order valence-electron chi connectivity index (χ2n) is 6.10. The average Bonchev–Trinajstić information content (AvgIpc) is 3.27. The van der Waals surface area contributed by atoms with Gasteiger partial charge in [0.25, 0.3) is 0 Å². The Morgan fingerprint density at radius 2 is 2.23 bits per heavy atom. The zero-order chi connectivity index (χ0) is 18.5. The molecule has 0 radical (unpaired) electrons. The molecule has 3 rings (SSSR count). The Morgan fingerprint density at radius 3 is 2.85 bits per heavy atom. The van der Waals surface area contributed by atoms with Gasteiger partial charge in [0.2, 0.25) is 5.91 Å². The highest BCUT2D eigenvalue weighted by Crippen LogP contribution is 2.16. The number of hydrogen-bond acceptors (Lipinski definition) is 5. The third-order valence-corrected chi connectivity index (χ3v) is 5.19. The molecule has 1 aliphatic heterocycles. The number of nitrogens with one attached hydrogen (secondary N) is 1. The van der Waals surface area contributed by atoms with Crippen molar-refractivity contribution in [2.24, 2.45) is 12.0 Å². The molecule has 1 aliphatic rings. The zero-order valence-corrected chi connectivity index (χ0v) is 16.3. The van der Waals surface area contributed by atoms with Gasteiger partial charge in [0.05, 0.1) is 29.1 Å². The highest BCUT2D eigenvalue weighted by molar-refractivity contribution is 7.09. The van der Waals surface area contributed by atoms with Crippen LogP contribution in [0.15, 0.2) is 22.8 Å². The number of carbonyl (C=O) groups is 1. The van der Waals surface area contributed by atoms with Crippen LogP contribution in [0.5, 0.6) is 0 Å². The van der Waals surface area contributed by atoms with E-state index in [1.165, 1.54) is 0 Å². The Kier molecular flexibility index (Phi) is 5.87. The quantitative estimate of drug-likeness (QED) is 0.629. The fourth-order valence-corrected chi connectivity index (χ4v) is 3.58. The highest BCUT2D eigenvalue weighted by atomic mass is 32.1. The van der Waals surface area contributed by atoms with Crippen LogP contribution in [-0.4, -0.2) is 57.7 Å². The Hall–Kier alpha value is -2.42. The van der Waals surface area contributed by atoms with Gasteiger partial charge in [-0.15, -0.1) is 11.3 Å². The fourth-order valence-electron chi connectivity index (χ4n) is 2.84. The molecule has 9 heteroatoms. The van der Waals surface area contributed by atoms with Crippen LogP contribution in [0, 0.1) is 0 Å². The van der Waals surface area contributed by atoms with Gasteiger partial charge in [0, 0.05) is 38.3 Å². The standard InChI is InChI=1S/C17H25N7OS/c1-4-15-21-13(12-26-15)8-19-17(18-5-2)23-6-7-24(16(25)11-23)14-9-20-22(3)10-14/h9-10,12H,4-8,11H2,1-3H3,(H,18,19). The highest BCUT2D eigenvalue weighted by Gasteiger charge is 2.27. The Morgan fingerprint density at radius 1 is 1.38 bits per heavy atom. The maximum absolute atomic E-state index is 12.6. The molecule has 0 atom stereocenters. The number of hydrogen-bond donors (Lipinski definition) is 1. The van der Waals surface area contributed by atoms with Crippen molar-refractivity contribution in [3.8, 4) is 0 Å². The number of anilines is 1. The van der Waals surface area contributed by atoms with E-state index in [1.54, 1.807) is 27.1 Å². The third-order valence-electron chi connectivity index (χ3n) is 4.15. The van der Waals surface area contributed by atoms with Gasteiger partial charge in [-0.1, -0.05) is 6.92 Å². The summed E-state index contributed by atoms with van der Waals surface area (Å²) in [4.78, 5) is 25.6. The van der Waals surface area contributed by atoms with E-state index in [2.05, 4.69) is 32.7 Å². The number of guanidine groups is 1. The Balaban J connectivity index is 1.66. The first-order valence-corrected chi connectivity index (χ1v) is 9.74. The van der Waals surface area contributed by atoms with Crippen molar-refractivity contribution in [1.82, 2.24) is 25.0 Å². The van der Waals surface area contributed by atoms with Crippen LogP contribution in [-0.2, 0) is 24.8 Å². The van der Waals surface area contributed by atoms with Crippen molar-refractivity contribution >= 4 is 28.9 Å². The SMILES string of the molecule is CCNC(=NCc1csc(CC)n1)N1CCN(c2cnn(C)c2)C(=O)C1. The number of carbonyl (C=O) groups excluding carboxylic acids is 1. The summed E-state index contributed by atoms with van der Waals surface area (Å²) in [6, 6.07) is 0. The van der Waals surface area contributed by atoms with Crippen LogP contribution in [0.2, 0.25) is 0 Å². The lowest BCUT2D eigenvalue weighted by Crippen LogP contribution is -2.55. The van der Waals surface area contributed by atoms with Crippen molar-refractivity contribution in [3.05, 3.63) is 28.5 Å². The summed E-state index contributed by atoms with van der Waals surface area (Å²) >= 11 is 1.67. The second-order valence-corrected chi connectivity index (χ2v) is 7.04. The minimum Gasteiger partial charge on any atom is -0.356 e. The number of rotatable bonds is 5. The van der Waals surface area contributed by atoms with Crippen LogP contribution in [0.25, 0.3) is 0 Å². The summed E-state index contributed by atoms with van der Waals surface area (Å²) in [5, 5.41) is 10.6. The van der Waals surface area contributed by atoms with Gasteiger partial charge >= 0.3 is 0 Å². The number of piperazine rings is 1. The molecule has 3 heterocycles. The predicted octanol–water partition coefficient (Wildman–Crippen LogP) is 1.25. The van der Waals surface area contributed by atoms with Gasteiger partial charge in [0.15, 0.2) is 5.96 Å². The summed E-state index contributed by atoms with van der Waals surface area (Å²) in [5.41, 5.74) is 1.82. The maximum Gasteiger partial charge on any atom is 0.246 e. The van der Waals surface area contributed by atoms with Crippen LogP contribution < -0.4 is 10.2 Å². The molecule has 1 amide bonds. The molecule has 1 saturated heterocycles. The first-order valence-electron chi connectivity index (χ1n) is 8.86. The fraction of sp³-hybridized carbons (Fsp3) is 0.529. The first kappa shape index (κ1) is 18.4. The van der Waals surface area contributed by atoms with Crippen LogP contribution in [0.1, 0.15) is 24.5 Å². The third kappa shape index (κ3) is 4.21. The second kappa shape index (κ2) is 8.31. The van der Waals surface area contributed by atoms with Crippen molar-refractivity contribution in [3.63, 3.8) is 0 Å². The summed E-state index contributed by atoms with van der Waals surface area (Å²) in [7, 11) is 1.85. The summed E-state index contributed by atoms with van der Waals surface area (Å²) in [6.07, 6.45) is 4.53. The van der Waals surface area contributed by atoms with Crippen LogP contribution >= 0.6 is 11.3 Å². The number of aryl methyl sites for hydroxylation is 2. The zero-order valence-electron chi connectivity index (χ0n) is 15.5. The lowest BCUT2D eigenvalue weighted by molar-refractivity contribution is -0.120. The summed E-state index contributed by atoms with van der Waals surface area (Å²) < 4.78 is 1.71. The van der Waals surface area contributed by atoms with E-state index >= 15 is 0 Å². The van der Waals surface area contributed by atoms with Crippen molar-refractivity contribution in [2.45, 2.75) is 26.8 Å². The summed E-state index contributed by atoms with van der Waals surface area (Å²) in [5.74, 6) is 0.814. The first-order chi connectivity index (χ1) is 12.6. The Labute approximate surface area is 157 Å². The molecule has 2 aromatic rings. The van der Waals surface area contributed by atoms with Crippen LogP contribution in [0.3, 0.4) is 0 Å². The van der Waals surface area contributed by atoms with E-state index in [9.17, 15) is 4.79 Å². The van der Waals surface area contributed by atoms with Gasteiger partial charge in [-0.2, -0.15) is 5.10 Å². The predicted molar refractivity (Wildman–Crippen MR) is 103 cm³/mol. The lowest BCUT2D eigenvalue weighted by Gasteiger charge is -2.35. The molecule has 140 valence electrons. The smallest absolute Gasteiger partial charge is 0.246 e. The van der Waals surface area contributed by atoms with Gasteiger partial charge in [-0.05, 0) is 13.3 Å². The number of aromatic nitrogens is 3. The van der Waals surface area contributed by atoms with E-state index in [-0.39, 0.29) is 5.91 Å². The number of nitrogens with zero attached hydrogens (tertiary/aromatic N) is 6. The van der Waals surface area contributed by atoms with Gasteiger partial charge in [-0.3, -0.25) is 9.48 Å². The topological polar surface area (TPSA) is 78.7 Å². The Bertz CT molecular complexity index is 782. The number of amides is 1. The van der Waals surface area contributed by atoms with E-state index < -0.39 is 0 Å². The molecular weight excluding hydrogens is 350 g/mol. The largest absolute Gasteiger partial charge is 0.356 e. The molecule has 8 nitrogen and oxygen atoms in total. The van der Waals surface area contributed by atoms with Gasteiger partial charge in [0.1, 0.15) is 6.54 Å². The summed E-state index contributed by atoms with van der Waals surface area (Å²) in [6.45, 7) is 7.06. The van der Waals surface area contributed by atoms with Crippen molar-refractivity contribution in [1.29, 1.82) is 0 Å². The van der Waals surface area contributed by atoms with E-state index in [4.69, 9.17) is 0 Å². The van der Waals surface area contributed by atoms with Gasteiger partial charge in [-0.25, -0.2) is 9.98 Å². The molecule has 0 aliphatic carbocycles. The van der Waals surface area contributed by atoms with E-state index in [0.29, 0.717) is 19.6 Å². The normalized spacial score (nSPS) is 15.7. The maximum atomic E-state index is 12.6. The minimum absolute atomic E-state index is 0.0526. The van der Waals surface area contributed by atoms with Crippen molar-refractivity contribution < 1.29 is 4.79 Å². The van der Waals surface area contributed by atoms with E-state index in [0.717, 1.165) is 41.9 Å². The molecule has 0 spiro atoms. The molecule has 0 aromatic carbocycles. The molecule has 1 N–H and O–H groups in total. The molecule has 0 bridgehead atoms.